The highest BCUT2D eigenvalue weighted by Crippen LogP contribution is 2.26. The zero-order valence-corrected chi connectivity index (χ0v) is 12.8. The first-order chi connectivity index (χ1) is 10.7. The predicted octanol–water partition coefficient (Wildman–Crippen LogP) is 2.48. The van der Waals surface area contributed by atoms with E-state index < -0.39 is 0 Å². The molecule has 1 aromatic carbocycles. The molecular weight excluding hydrogens is 278 g/mol. The van der Waals surface area contributed by atoms with Gasteiger partial charge >= 0.3 is 0 Å². The van der Waals surface area contributed by atoms with Crippen molar-refractivity contribution in [2.75, 3.05) is 13.7 Å². The Balaban J connectivity index is 1.95. The number of hydrogen-bond acceptors (Lipinski definition) is 3. The van der Waals surface area contributed by atoms with E-state index in [4.69, 9.17) is 4.74 Å². The second-order valence-corrected chi connectivity index (χ2v) is 5.38. The lowest BCUT2D eigenvalue weighted by Crippen LogP contribution is -2.30. The second kappa shape index (κ2) is 6.05. The van der Waals surface area contributed by atoms with Crippen LogP contribution in [0.3, 0.4) is 0 Å². The van der Waals surface area contributed by atoms with Crippen LogP contribution in [0.5, 0.6) is 5.75 Å². The van der Waals surface area contributed by atoms with E-state index in [1.807, 2.05) is 42.0 Å². The van der Waals surface area contributed by atoms with Crippen molar-refractivity contribution in [1.82, 2.24) is 14.9 Å². The Kier molecular flexibility index (Phi) is 3.96. The maximum absolute atomic E-state index is 11.8. The molecule has 1 aromatic heterocycles. The van der Waals surface area contributed by atoms with Crippen LogP contribution in [0, 0.1) is 6.92 Å². The first-order valence-electron chi connectivity index (χ1n) is 7.35. The summed E-state index contributed by atoms with van der Waals surface area (Å²) in [6.07, 6.45) is 7.45. The number of rotatable bonds is 3. The summed E-state index contributed by atoms with van der Waals surface area (Å²) in [4.78, 5) is 16.1. The highest BCUT2D eigenvalue weighted by atomic mass is 16.5. The van der Waals surface area contributed by atoms with Crippen LogP contribution in [0.4, 0.5) is 0 Å². The minimum atomic E-state index is 0.0273. The van der Waals surface area contributed by atoms with Gasteiger partial charge in [0.15, 0.2) is 0 Å². The lowest BCUT2D eigenvalue weighted by atomic mass is 10.0. The molecule has 1 fully saturated rings. The molecule has 1 amide bonds. The molecule has 2 heterocycles. The Labute approximate surface area is 129 Å². The maximum atomic E-state index is 11.8. The molecule has 0 aliphatic carbocycles. The quantitative estimate of drug-likeness (QED) is 0.886. The number of piperidine rings is 1. The van der Waals surface area contributed by atoms with Crippen molar-refractivity contribution in [3.8, 4) is 11.4 Å². The Morgan fingerprint density at radius 2 is 2.27 bits per heavy atom. The molecule has 5 heteroatoms. The summed E-state index contributed by atoms with van der Waals surface area (Å²) >= 11 is 0. The van der Waals surface area contributed by atoms with Crippen LogP contribution in [0.1, 0.15) is 24.1 Å². The summed E-state index contributed by atoms with van der Waals surface area (Å²) < 4.78 is 7.42. The summed E-state index contributed by atoms with van der Waals surface area (Å²) in [5.74, 6) is 0.780. The van der Waals surface area contributed by atoms with E-state index >= 15 is 0 Å². The van der Waals surface area contributed by atoms with Gasteiger partial charge in [0.05, 0.1) is 24.8 Å². The van der Waals surface area contributed by atoms with Crippen LogP contribution >= 0.6 is 0 Å². The molecule has 1 aliphatic heterocycles. The molecule has 5 nitrogen and oxygen atoms in total. The Morgan fingerprint density at radius 3 is 2.95 bits per heavy atom. The van der Waals surface area contributed by atoms with Crippen molar-refractivity contribution in [1.29, 1.82) is 0 Å². The van der Waals surface area contributed by atoms with Gasteiger partial charge in [-0.2, -0.15) is 0 Å². The van der Waals surface area contributed by atoms with Gasteiger partial charge in [-0.15, -0.1) is 0 Å². The number of carbonyl (C=O) groups excluding carboxylic acids is 1. The van der Waals surface area contributed by atoms with Crippen molar-refractivity contribution in [3.63, 3.8) is 0 Å². The molecule has 0 bridgehead atoms. The average Bonchev–Trinajstić information content (AvgIpc) is 2.96. The fourth-order valence-electron chi connectivity index (χ4n) is 2.60. The lowest BCUT2D eigenvalue weighted by molar-refractivity contribution is -0.118. The summed E-state index contributed by atoms with van der Waals surface area (Å²) in [6, 6.07) is 5.91. The van der Waals surface area contributed by atoms with E-state index in [1.54, 1.807) is 13.4 Å². The van der Waals surface area contributed by atoms with Gasteiger partial charge in [-0.25, -0.2) is 4.98 Å². The number of ether oxygens (including phenoxy) is 1. The third kappa shape index (κ3) is 2.88. The molecule has 114 valence electrons. The number of carbonyl (C=O) groups is 1. The normalized spacial score (nSPS) is 16.6. The molecule has 3 rings (SSSR count). The Morgan fingerprint density at radius 1 is 1.41 bits per heavy atom. The standard InChI is InChI=1S/C17H19N3O2/c1-12-10-20(11-19-12)15-6-5-13(9-16(15)22-2)8-14-4-3-7-18-17(14)21/h5-6,8-11H,3-4,7H2,1-2H3,(H,18,21)/b14-8+. The molecule has 0 radical (unpaired) electrons. The van der Waals surface area contributed by atoms with E-state index in [0.29, 0.717) is 0 Å². The number of aryl methyl sites for hydroxylation is 1. The smallest absolute Gasteiger partial charge is 0.247 e. The van der Waals surface area contributed by atoms with E-state index in [1.165, 1.54) is 0 Å². The van der Waals surface area contributed by atoms with Crippen molar-refractivity contribution in [3.05, 3.63) is 47.6 Å². The van der Waals surface area contributed by atoms with E-state index in [-0.39, 0.29) is 5.91 Å². The van der Waals surface area contributed by atoms with Crippen molar-refractivity contribution < 1.29 is 9.53 Å². The van der Waals surface area contributed by atoms with Gasteiger partial charge in [-0.3, -0.25) is 4.79 Å². The summed E-state index contributed by atoms with van der Waals surface area (Å²) in [5, 5.41) is 2.87. The van der Waals surface area contributed by atoms with Gasteiger partial charge in [-0.1, -0.05) is 6.07 Å². The SMILES string of the molecule is COc1cc(/C=C2\CCCNC2=O)ccc1-n1cnc(C)c1. The van der Waals surface area contributed by atoms with Crippen molar-refractivity contribution in [2.24, 2.45) is 0 Å². The fraction of sp³-hybridized carbons (Fsp3) is 0.294. The largest absolute Gasteiger partial charge is 0.495 e. The molecule has 0 spiro atoms. The molecule has 0 atom stereocenters. The van der Waals surface area contributed by atoms with Crippen LogP contribution < -0.4 is 10.1 Å². The molecule has 1 N–H and O–H groups in total. The van der Waals surface area contributed by atoms with Gasteiger partial charge in [0.1, 0.15) is 5.75 Å². The summed E-state index contributed by atoms with van der Waals surface area (Å²) in [5.41, 5.74) is 3.66. The number of nitrogens with one attached hydrogen (secondary N) is 1. The van der Waals surface area contributed by atoms with Gasteiger partial charge in [0.2, 0.25) is 5.91 Å². The molecule has 0 unspecified atom stereocenters. The molecule has 0 saturated carbocycles. The molecule has 22 heavy (non-hydrogen) atoms. The maximum Gasteiger partial charge on any atom is 0.247 e. The number of hydrogen-bond donors (Lipinski definition) is 1. The van der Waals surface area contributed by atoms with Gasteiger partial charge in [0.25, 0.3) is 0 Å². The lowest BCUT2D eigenvalue weighted by Gasteiger charge is -2.15. The number of methoxy groups -OCH3 is 1. The fourth-order valence-corrected chi connectivity index (χ4v) is 2.60. The van der Waals surface area contributed by atoms with E-state index in [0.717, 1.165) is 47.7 Å². The van der Waals surface area contributed by atoms with Gasteiger partial charge in [-0.05, 0) is 43.5 Å². The number of nitrogens with zero attached hydrogens (tertiary/aromatic N) is 2. The van der Waals surface area contributed by atoms with Crippen LogP contribution in [-0.4, -0.2) is 29.1 Å². The first kappa shape index (κ1) is 14.4. The topological polar surface area (TPSA) is 56.1 Å². The van der Waals surface area contributed by atoms with Crippen molar-refractivity contribution in [2.45, 2.75) is 19.8 Å². The monoisotopic (exact) mass is 297 g/mol. The first-order valence-corrected chi connectivity index (χ1v) is 7.35. The molecule has 1 saturated heterocycles. The predicted molar refractivity (Wildman–Crippen MR) is 85.1 cm³/mol. The molecule has 2 aromatic rings. The molecular formula is C17H19N3O2. The highest BCUT2D eigenvalue weighted by molar-refractivity contribution is 5.98. The van der Waals surface area contributed by atoms with Crippen LogP contribution in [0.2, 0.25) is 0 Å². The number of aromatic nitrogens is 2. The van der Waals surface area contributed by atoms with Crippen LogP contribution in [-0.2, 0) is 4.79 Å². The second-order valence-electron chi connectivity index (χ2n) is 5.38. The Bertz CT molecular complexity index is 731. The molecule has 1 aliphatic rings. The third-order valence-corrected chi connectivity index (χ3v) is 3.73. The van der Waals surface area contributed by atoms with Gasteiger partial charge in [0, 0.05) is 18.3 Å². The average molecular weight is 297 g/mol. The summed E-state index contributed by atoms with van der Waals surface area (Å²) in [6.45, 7) is 2.71. The van der Waals surface area contributed by atoms with E-state index in [2.05, 4.69) is 10.3 Å². The number of imidazole rings is 1. The van der Waals surface area contributed by atoms with Crippen LogP contribution in [0.25, 0.3) is 11.8 Å². The highest BCUT2D eigenvalue weighted by Gasteiger charge is 2.14. The third-order valence-electron chi connectivity index (χ3n) is 3.73. The summed E-state index contributed by atoms with van der Waals surface area (Å²) in [7, 11) is 1.65. The number of benzene rings is 1. The van der Waals surface area contributed by atoms with E-state index in [9.17, 15) is 4.79 Å². The van der Waals surface area contributed by atoms with Gasteiger partial charge < -0.3 is 14.6 Å². The minimum absolute atomic E-state index is 0.0273. The zero-order chi connectivity index (χ0) is 15.5. The minimum Gasteiger partial charge on any atom is -0.495 e. The van der Waals surface area contributed by atoms with Crippen LogP contribution in [0.15, 0.2) is 36.3 Å². The number of amides is 1. The van der Waals surface area contributed by atoms with Crippen molar-refractivity contribution >= 4 is 12.0 Å². The zero-order valence-electron chi connectivity index (χ0n) is 12.8. The Hall–Kier alpha value is -2.56.